The van der Waals surface area contributed by atoms with Crippen LogP contribution in [-0.4, -0.2) is 32.9 Å². The Morgan fingerprint density at radius 1 is 0.931 bits per heavy atom. The number of halogens is 2. The zero-order chi connectivity index (χ0) is 20.4. The van der Waals surface area contributed by atoms with E-state index in [9.17, 15) is 4.79 Å². The molecule has 0 amide bonds. The van der Waals surface area contributed by atoms with E-state index in [0.717, 1.165) is 0 Å². The van der Waals surface area contributed by atoms with Gasteiger partial charge in [-0.05, 0) is 24.3 Å². The first-order valence-corrected chi connectivity index (χ1v) is 9.53. The average Bonchev–Trinajstić information content (AvgIpc) is 2.73. The lowest BCUT2D eigenvalue weighted by Gasteiger charge is -2.15. The molecule has 0 radical (unpaired) electrons. The first-order valence-electron chi connectivity index (χ1n) is 8.77. The van der Waals surface area contributed by atoms with Crippen molar-refractivity contribution in [2.24, 2.45) is 0 Å². The monoisotopic (exact) mass is 427 g/mol. The molecule has 146 valence electrons. The average molecular weight is 428 g/mol. The van der Waals surface area contributed by atoms with E-state index in [4.69, 9.17) is 33.0 Å². The minimum atomic E-state index is -0.303. The highest BCUT2D eigenvalue weighted by Gasteiger charge is 2.18. The highest BCUT2D eigenvalue weighted by Crippen LogP contribution is 2.33. The third kappa shape index (κ3) is 3.70. The van der Waals surface area contributed by atoms with E-state index in [1.807, 2.05) is 18.2 Å². The Morgan fingerprint density at radius 3 is 2.38 bits per heavy atom. The lowest BCUT2D eigenvalue weighted by Crippen LogP contribution is -2.19. The fraction of sp³-hybridized carbons (Fsp3) is 0.0952. The number of rotatable bonds is 5. The van der Waals surface area contributed by atoms with Gasteiger partial charge in [-0.3, -0.25) is 9.36 Å². The number of para-hydroxylation sites is 1. The molecular formula is C21H15Cl2N3O3. The van der Waals surface area contributed by atoms with Crippen LogP contribution in [0.15, 0.2) is 65.5 Å². The van der Waals surface area contributed by atoms with Crippen molar-refractivity contribution in [1.29, 1.82) is 0 Å². The number of pyridine rings is 1. The van der Waals surface area contributed by atoms with Crippen LogP contribution in [-0.2, 0) is 0 Å². The number of aromatic nitrogens is 3. The van der Waals surface area contributed by atoms with E-state index in [-0.39, 0.29) is 24.8 Å². The van der Waals surface area contributed by atoms with Crippen LogP contribution in [0.4, 0.5) is 0 Å². The molecule has 0 unspecified atom stereocenters. The molecule has 0 bridgehead atoms. The van der Waals surface area contributed by atoms with Gasteiger partial charge in [-0.15, -0.1) is 0 Å². The smallest absolute Gasteiger partial charge is 0.319 e. The second-order valence-corrected chi connectivity index (χ2v) is 6.92. The van der Waals surface area contributed by atoms with E-state index in [1.165, 1.54) is 10.6 Å². The third-order valence-corrected chi connectivity index (χ3v) is 4.92. The number of hydrogen-bond acceptors (Lipinski definition) is 5. The maximum Gasteiger partial charge on any atom is 0.319 e. The first kappa shape index (κ1) is 19.4. The van der Waals surface area contributed by atoms with Crippen LogP contribution < -0.4 is 10.3 Å². The van der Waals surface area contributed by atoms with Gasteiger partial charge in [0.1, 0.15) is 6.61 Å². The van der Waals surface area contributed by atoms with Gasteiger partial charge in [0.05, 0.1) is 23.0 Å². The van der Waals surface area contributed by atoms with Gasteiger partial charge < -0.3 is 9.84 Å². The lowest BCUT2D eigenvalue weighted by atomic mass is 10.1. The molecule has 4 rings (SSSR count). The summed E-state index contributed by atoms with van der Waals surface area (Å²) in [7, 11) is 0. The van der Waals surface area contributed by atoms with Crippen molar-refractivity contribution in [1.82, 2.24) is 14.5 Å². The van der Waals surface area contributed by atoms with Crippen molar-refractivity contribution >= 4 is 34.2 Å². The van der Waals surface area contributed by atoms with Gasteiger partial charge in [0, 0.05) is 22.0 Å². The fourth-order valence-electron chi connectivity index (χ4n) is 3.02. The number of hydrogen-bond donors (Lipinski definition) is 1. The summed E-state index contributed by atoms with van der Waals surface area (Å²) >= 11 is 12.7. The van der Waals surface area contributed by atoms with Gasteiger partial charge in [-0.25, -0.2) is 0 Å². The number of aliphatic hydroxyl groups excluding tert-OH is 1. The number of fused-ring (bicyclic) bond motifs is 1. The molecule has 0 spiro atoms. The molecule has 8 heteroatoms. The van der Waals surface area contributed by atoms with Crippen LogP contribution in [0.25, 0.3) is 28.0 Å². The summed E-state index contributed by atoms with van der Waals surface area (Å²) in [6.07, 6.45) is 0. The van der Waals surface area contributed by atoms with Gasteiger partial charge in [0.25, 0.3) is 5.56 Å². The van der Waals surface area contributed by atoms with Gasteiger partial charge >= 0.3 is 6.01 Å². The normalized spacial score (nSPS) is 11.0. The number of ether oxygens (including phenoxy) is 1. The lowest BCUT2D eigenvalue weighted by molar-refractivity contribution is 0.192. The minimum absolute atomic E-state index is 0.0105. The Labute approximate surface area is 176 Å². The van der Waals surface area contributed by atoms with Crippen LogP contribution in [0.3, 0.4) is 0 Å². The van der Waals surface area contributed by atoms with E-state index < -0.39 is 0 Å². The predicted octanol–water partition coefficient (Wildman–Crippen LogP) is 4.13. The third-order valence-electron chi connectivity index (χ3n) is 4.27. The summed E-state index contributed by atoms with van der Waals surface area (Å²) in [6, 6.07) is 17.3. The number of nitrogens with zero attached hydrogens (tertiary/aromatic N) is 3. The van der Waals surface area contributed by atoms with Crippen LogP contribution in [0.2, 0.25) is 10.0 Å². The summed E-state index contributed by atoms with van der Waals surface area (Å²) in [6.45, 7) is -0.189. The van der Waals surface area contributed by atoms with Crippen molar-refractivity contribution in [3.8, 4) is 23.0 Å². The molecule has 0 aliphatic carbocycles. The molecule has 0 atom stereocenters. The Balaban J connectivity index is 2.09. The molecular weight excluding hydrogens is 413 g/mol. The highest BCUT2D eigenvalue weighted by atomic mass is 35.5. The molecule has 4 aromatic rings. The van der Waals surface area contributed by atoms with Crippen LogP contribution in [0.5, 0.6) is 6.01 Å². The molecule has 6 nitrogen and oxygen atoms in total. The van der Waals surface area contributed by atoms with E-state index in [1.54, 1.807) is 36.4 Å². The van der Waals surface area contributed by atoms with Gasteiger partial charge in [-0.2, -0.15) is 9.97 Å². The van der Waals surface area contributed by atoms with Crippen LogP contribution >= 0.6 is 23.2 Å². The first-order chi connectivity index (χ1) is 14.1. The summed E-state index contributed by atoms with van der Waals surface area (Å²) in [5.41, 5.74) is 1.68. The van der Waals surface area contributed by atoms with Crippen molar-refractivity contribution in [3.05, 3.63) is 81.1 Å². The maximum absolute atomic E-state index is 12.8. The minimum Gasteiger partial charge on any atom is -0.461 e. The number of aliphatic hydroxyl groups is 1. The highest BCUT2D eigenvalue weighted by molar-refractivity contribution is 6.33. The summed E-state index contributed by atoms with van der Waals surface area (Å²) < 4.78 is 6.87. The van der Waals surface area contributed by atoms with Gasteiger partial charge in [0.15, 0.2) is 5.65 Å². The second kappa shape index (κ2) is 8.21. The number of benzene rings is 2. The Bertz CT molecular complexity index is 1260. The molecule has 1 N–H and O–H groups in total. The molecule has 0 saturated heterocycles. The molecule has 0 aliphatic heterocycles. The second-order valence-electron chi connectivity index (χ2n) is 6.10. The largest absolute Gasteiger partial charge is 0.461 e. The van der Waals surface area contributed by atoms with E-state index >= 15 is 0 Å². The Hall–Kier alpha value is -2.93. The van der Waals surface area contributed by atoms with Gasteiger partial charge in [0.2, 0.25) is 0 Å². The van der Waals surface area contributed by atoms with Crippen molar-refractivity contribution < 1.29 is 9.84 Å². The standard InChI is InChI=1S/C21H15Cl2N3O3/c22-15-6-2-1-5-13(15)19-14-9-10-18(28)26(17-8-4-3-7-16(17)23)20(14)25-21(24-19)29-12-11-27/h1-10,27H,11-12H2. The molecule has 2 aromatic carbocycles. The van der Waals surface area contributed by atoms with E-state index in [0.29, 0.717) is 38.0 Å². The summed E-state index contributed by atoms with van der Waals surface area (Å²) in [5, 5.41) is 10.6. The zero-order valence-corrected chi connectivity index (χ0v) is 16.6. The van der Waals surface area contributed by atoms with Crippen LogP contribution in [0, 0.1) is 0 Å². The molecule has 29 heavy (non-hydrogen) atoms. The van der Waals surface area contributed by atoms with Crippen molar-refractivity contribution in [3.63, 3.8) is 0 Å². The Kier molecular flexibility index (Phi) is 5.49. The fourth-order valence-corrected chi connectivity index (χ4v) is 3.47. The molecule has 2 heterocycles. The summed E-state index contributed by atoms with van der Waals surface area (Å²) in [4.78, 5) is 21.7. The topological polar surface area (TPSA) is 77.2 Å². The molecule has 0 aliphatic rings. The predicted molar refractivity (Wildman–Crippen MR) is 113 cm³/mol. The molecule has 2 aromatic heterocycles. The molecule has 0 fully saturated rings. The quantitative estimate of drug-likeness (QED) is 0.518. The SMILES string of the molecule is O=c1ccc2c(-c3ccccc3Cl)nc(OCCO)nc2n1-c1ccccc1Cl. The Morgan fingerprint density at radius 2 is 1.66 bits per heavy atom. The summed E-state index contributed by atoms with van der Waals surface area (Å²) in [5.74, 6) is 0. The van der Waals surface area contributed by atoms with Gasteiger partial charge in [-0.1, -0.05) is 53.5 Å². The van der Waals surface area contributed by atoms with E-state index in [2.05, 4.69) is 9.97 Å². The molecule has 0 saturated carbocycles. The zero-order valence-electron chi connectivity index (χ0n) is 15.0. The van der Waals surface area contributed by atoms with Crippen molar-refractivity contribution in [2.45, 2.75) is 0 Å². The van der Waals surface area contributed by atoms with Crippen LogP contribution in [0.1, 0.15) is 0 Å². The van der Waals surface area contributed by atoms with Crippen molar-refractivity contribution in [2.75, 3.05) is 13.2 Å². The maximum atomic E-state index is 12.8.